The largest absolute Gasteiger partial charge is 0.394 e. The molecule has 0 spiro atoms. The molecule has 0 aliphatic carbocycles. The van der Waals surface area contributed by atoms with Gasteiger partial charge in [-0.25, -0.2) is 0 Å². The van der Waals surface area contributed by atoms with Gasteiger partial charge in [0, 0.05) is 6.42 Å². The molecular weight excluding hydrogens is 707 g/mol. The summed E-state index contributed by atoms with van der Waals surface area (Å²) < 4.78 is 11.3. The third-order valence-electron chi connectivity index (χ3n) is 12.0. The molecule has 6 N–H and O–H groups in total. The fourth-order valence-corrected chi connectivity index (χ4v) is 8.04. The van der Waals surface area contributed by atoms with Crippen molar-refractivity contribution in [3.8, 4) is 0 Å². The zero-order valence-corrected chi connectivity index (χ0v) is 36.7. The lowest BCUT2D eigenvalue weighted by molar-refractivity contribution is -0.302. The quantitative estimate of drug-likeness (QED) is 0.0335. The van der Waals surface area contributed by atoms with Crippen molar-refractivity contribution in [2.24, 2.45) is 0 Å². The van der Waals surface area contributed by atoms with E-state index in [-0.39, 0.29) is 12.5 Å². The Morgan fingerprint density at radius 1 is 0.536 bits per heavy atom. The van der Waals surface area contributed by atoms with Gasteiger partial charge in [-0.2, -0.15) is 0 Å². The van der Waals surface area contributed by atoms with Crippen LogP contribution in [0.4, 0.5) is 0 Å². The summed E-state index contributed by atoms with van der Waals surface area (Å²) in [5, 5.41) is 54.4. The second-order valence-corrected chi connectivity index (χ2v) is 17.3. The topological polar surface area (TPSA) is 149 Å². The zero-order valence-electron chi connectivity index (χ0n) is 36.7. The summed E-state index contributed by atoms with van der Waals surface area (Å²) in [6.45, 7) is 3.86. The summed E-state index contributed by atoms with van der Waals surface area (Å²) in [7, 11) is 0. The Balaban J connectivity index is 2.29. The number of carbonyl (C=O) groups excluding carboxylic acids is 1. The first-order valence-electron chi connectivity index (χ1n) is 24.2. The average molecular weight is 800 g/mol. The van der Waals surface area contributed by atoms with Gasteiger partial charge in [0.1, 0.15) is 24.4 Å². The number of hydrogen-bond donors (Lipinski definition) is 6. The number of unbranched alkanes of at least 4 members (excludes halogenated alkanes) is 31. The van der Waals surface area contributed by atoms with Crippen molar-refractivity contribution in [1.82, 2.24) is 5.32 Å². The molecule has 0 aromatic heterocycles. The number of ether oxygens (including phenoxy) is 2. The van der Waals surface area contributed by atoms with E-state index in [1.165, 1.54) is 173 Å². The molecule has 1 saturated heterocycles. The summed E-state index contributed by atoms with van der Waals surface area (Å²) in [5.74, 6) is -0.139. The van der Waals surface area contributed by atoms with Crippen LogP contribution < -0.4 is 5.32 Å². The Morgan fingerprint density at radius 2 is 0.893 bits per heavy atom. The van der Waals surface area contributed by atoms with Gasteiger partial charge >= 0.3 is 0 Å². The Labute approximate surface area is 344 Å². The second kappa shape index (κ2) is 38.4. The maximum Gasteiger partial charge on any atom is 0.220 e. The second-order valence-electron chi connectivity index (χ2n) is 17.3. The fourth-order valence-electron chi connectivity index (χ4n) is 8.04. The molecule has 1 rings (SSSR count). The SMILES string of the molecule is CCCCCCCCCCCCCCCCCCCC(=O)N[C@@H](CO[C@H]1O[C@@H](CO)[C@H](O)C(O)C1O)[C@H](O)CCCCCCCCCCCCCCCCCC. The van der Waals surface area contributed by atoms with E-state index in [4.69, 9.17) is 9.47 Å². The molecule has 1 heterocycles. The highest BCUT2D eigenvalue weighted by molar-refractivity contribution is 5.76. The minimum atomic E-state index is -1.55. The third kappa shape index (κ3) is 28.6. The van der Waals surface area contributed by atoms with Crippen molar-refractivity contribution in [2.75, 3.05) is 13.2 Å². The lowest BCUT2D eigenvalue weighted by Gasteiger charge is -2.40. The van der Waals surface area contributed by atoms with Crippen LogP contribution in [0.15, 0.2) is 0 Å². The zero-order chi connectivity index (χ0) is 40.9. The first-order valence-corrected chi connectivity index (χ1v) is 24.2. The van der Waals surface area contributed by atoms with E-state index in [1.54, 1.807) is 0 Å². The first kappa shape index (κ1) is 53.2. The summed E-state index contributed by atoms with van der Waals surface area (Å²) in [6.07, 6.45) is 35.3. The van der Waals surface area contributed by atoms with Gasteiger partial charge in [-0.3, -0.25) is 4.79 Å². The van der Waals surface area contributed by atoms with Crippen LogP contribution in [0, 0.1) is 0 Å². The van der Waals surface area contributed by atoms with Gasteiger partial charge in [-0.15, -0.1) is 0 Å². The van der Waals surface area contributed by atoms with Gasteiger partial charge in [0.05, 0.1) is 25.4 Å². The molecule has 1 fully saturated rings. The lowest BCUT2D eigenvalue weighted by Crippen LogP contribution is -2.60. The maximum absolute atomic E-state index is 13.0. The van der Waals surface area contributed by atoms with Gasteiger partial charge < -0.3 is 40.3 Å². The maximum atomic E-state index is 13.0. The van der Waals surface area contributed by atoms with E-state index in [2.05, 4.69) is 19.2 Å². The Hall–Kier alpha value is -0.810. The summed E-state index contributed by atoms with van der Waals surface area (Å²) in [4.78, 5) is 13.0. The van der Waals surface area contributed by atoms with E-state index in [9.17, 15) is 30.3 Å². The van der Waals surface area contributed by atoms with Crippen LogP contribution in [0.2, 0.25) is 0 Å². The molecule has 9 heteroatoms. The molecular formula is C47H93NO8. The van der Waals surface area contributed by atoms with Crippen molar-refractivity contribution in [3.63, 3.8) is 0 Å². The first-order chi connectivity index (χ1) is 27.3. The normalized spacial score (nSPS) is 21.0. The van der Waals surface area contributed by atoms with Crippen molar-refractivity contribution in [3.05, 3.63) is 0 Å². The Bertz CT molecular complexity index is 847. The standard InChI is InChI=1S/C47H93NO8/c1-3-5-7-9-11-13-15-17-19-21-23-25-27-29-31-33-35-37-43(51)48-40(39-55-47-46(54)45(53)44(52)42(38-49)56-47)41(50)36-34-32-30-28-26-24-22-20-18-16-14-12-10-8-6-4-2/h40-42,44-47,49-50,52-54H,3-39H2,1-2H3,(H,48,51)/t40-,41+,42-,44-,45?,46?,47-/m0/s1. The van der Waals surface area contributed by atoms with Crippen LogP contribution in [0.3, 0.4) is 0 Å². The molecule has 0 radical (unpaired) electrons. The minimum absolute atomic E-state index is 0.131. The predicted octanol–water partition coefficient (Wildman–Crippen LogP) is 10.3. The molecule has 7 atom stereocenters. The Kier molecular flexibility index (Phi) is 36.5. The summed E-state index contributed by atoms with van der Waals surface area (Å²) >= 11 is 0. The predicted molar refractivity (Wildman–Crippen MR) is 231 cm³/mol. The number of carbonyl (C=O) groups is 1. The monoisotopic (exact) mass is 800 g/mol. The number of aliphatic hydroxyl groups excluding tert-OH is 5. The van der Waals surface area contributed by atoms with Crippen LogP contribution in [0.25, 0.3) is 0 Å². The van der Waals surface area contributed by atoms with Crippen molar-refractivity contribution in [2.45, 2.75) is 281 Å². The van der Waals surface area contributed by atoms with Gasteiger partial charge in [0.15, 0.2) is 6.29 Å². The molecule has 0 aromatic carbocycles. The molecule has 9 nitrogen and oxygen atoms in total. The highest BCUT2D eigenvalue weighted by atomic mass is 16.7. The lowest BCUT2D eigenvalue weighted by atomic mass is 9.99. The van der Waals surface area contributed by atoms with Crippen LogP contribution in [-0.2, 0) is 14.3 Å². The molecule has 1 aliphatic rings. The van der Waals surface area contributed by atoms with E-state index in [0.29, 0.717) is 12.8 Å². The van der Waals surface area contributed by atoms with E-state index in [1.807, 2.05) is 0 Å². The van der Waals surface area contributed by atoms with Gasteiger partial charge in [0.25, 0.3) is 0 Å². The minimum Gasteiger partial charge on any atom is -0.394 e. The number of rotatable bonds is 41. The van der Waals surface area contributed by atoms with Gasteiger partial charge in [-0.05, 0) is 12.8 Å². The van der Waals surface area contributed by atoms with Crippen LogP contribution >= 0.6 is 0 Å². The smallest absolute Gasteiger partial charge is 0.220 e. The molecule has 334 valence electrons. The van der Waals surface area contributed by atoms with Crippen LogP contribution in [0.1, 0.15) is 239 Å². The van der Waals surface area contributed by atoms with Crippen molar-refractivity contribution in [1.29, 1.82) is 0 Å². The van der Waals surface area contributed by atoms with Crippen LogP contribution in [-0.4, -0.2) is 87.5 Å². The molecule has 56 heavy (non-hydrogen) atoms. The van der Waals surface area contributed by atoms with Crippen molar-refractivity contribution < 1.29 is 39.8 Å². The average Bonchev–Trinajstić information content (AvgIpc) is 3.20. The molecule has 1 aliphatic heterocycles. The number of hydrogen-bond acceptors (Lipinski definition) is 8. The molecule has 2 unspecified atom stereocenters. The van der Waals surface area contributed by atoms with Gasteiger partial charge in [0.2, 0.25) is 5.91 Å². The summed E-state index contributed by atoms with van der Waals surface area (Å²) in [6, 6.07) is -0.711. The van der Waals surface area contributed by atoms with Crippen molar-refractivity contribution >= 4 is 5.91 Å². The molecule has 0 bridgehead atoms. The van der Waals surface area contributed by atoms with Crippen LogP contribution in [0.5, 0.6) is 0 Å². The molecule has 0 aromatic rings. The van der Waals surface area contributed by atoms with E-state index < -0.39 is 49.5 Å². The molecule has 1 amide bonds. The van der Waals surface area contributed by atoms with E-state index in [0.717, 1.165) is 38.5 Å². The van der Waals surface area contributed by atoms with E-state index >= 15 is 0 Å². The number of amides is 1. The van der Waals surface area contributed by atoms with Gasteiger partial charge in [-0.1, -0.05) is 219 Å². The highest BCUT2D eigenvalue weighted by Crippen LogP contribution is 2.23. The fraction of sp³-hybridized carbons (Fsp3) is 0.979. The third-order valence-corrected chi connectivity index (χ3v) is 12.0. The molecule has 0 saturated carbocycles. The highest BCUT2D eigenvalue weighted by Gasteiger charge is 2.44. The number of aliphatic hydroxyl groups is 5. The number of nitrogens with one attached hydrogen (secondary N) is 1. The summed E-state index contributed by atoms with van der Waals surface area (Å²) in [5.41, 5.74) is 0. The Morgan fingerprint density at radius 3 is 1.27 bits per heavy atom.